The molecule has 0 aliphatic carbocycles. The maximum atomic E-state index is 12.4. The first-order valence-corrected chi connectivity index (χ1v) is 9.08. The lowest BCUT2D eigenvalue weighted by Crippen LogP contribution is -2.60. The smallest absolute Gasteiger partial charge is 0.328 e. The number of ether oxygens (including phenoxy) is 2. The fourth-order valence-electron chi connectivity index (χ4n) is 3.23. The molecule has 3 rings (SSSR count). The number of aromatic amines is 1. The van der Waals surface area contributed by atoms with Crippen LogP contribution in [0.25, 0.3) is 0 Å². The van der Waals surface area contributed by atoms with Crippen LogP contribution in [0.3, 0.4) is 0 Å². The van der Waals surface area contributed by atoms with Gasteiger partial charge in [0.25, 0.3) is 5.56 Å². The number of hydrogen-bond acceptors (Lipinski definition) is 7. The second-order valence-corrected chi connectivity index (χ2v) is 6.78. The van der Waals surface area contributed by atoms with Gasteiger partial charge >= 0.3 is 5.69 Å². The molecule has 1 aromatic carbocycles. The topological polar surface area (TPSA) is 143 Å². The number of benzene rings is 1. The third-order valence-corrected chi connectivity index (χ3v) is 4.80. The molecule has 2 heterocycles. The van der Waals surface area contributed by atoms with Crippen LogP contribution in [0.5, 0.6) is 5.75 Å². The first-order valence-electron chi connectivity index (χ1n) is 9.08. The van der Waals surface area contributed by atoms with E-state index in [0.29, 0.717) is 11.3 Å². The number of aliphatic hydroxyl groups is 2. The number of carbonyl (C=O) groups is 1. The van der Waals surface area contributed by atoms with Gasteiger partial charge in [0, 0.05) is 17.8 Å². The molecule has 4 N–H and O–H groups in total. The SMILES string of the molecule is COc1ccccc1CC(=O)N[C@@H]1CO[C@H](Cn2ccc(=O)[nH]c2=O)[C@@H](O)[C@H]1O. The number of H-pyrrole nitrogens is 1. The quantitative estimate of drug-likeness (QED) is 0.453. The van der Waals surface area contributed by atoms with E-state index in [1.807, 2.05) is 0 Å². The van der Waals surface area contributed by atoms with Crippen LogP contribution in [0.4, 0.5) is 0 Å². The summed E-state index contributed by atoms with van der Waals surface area (Å²) >= 11 is 0. The number of aromatic nitrogens is 2. The second kappa shape index (κ2) is 9.03. The average molecular weight is 405 g/mol. The Bertz CT molecular complexity index is 971. The van der Waals surface area contributed by atoms with Gasteiger partial charge in [0.1, 0.15) is 24.1 Å². The number of carbonyl (C=O) groups excluding carboxylic acids is 1. The minimum atomic E-state index is -1.33. The van der Waals surface area contributed by atoms with Crippen LogP contribution in [0, 0.1) is 0 Å². The minimum absolute atomic E-state index is 0.0412. The number of hydrogen-bond donors (Lipinski definition) is 4. The zero-order valence-electron chi connectivity index (χ0n) is 15.8. The zero-order chi connectivity index (χ0) is 21.0. The second-order valence-electron chi connectivity index (χ2n) is 6.78. The average Bonchev–Trinajstić information content (AvgIpc) is 2.70. The third-order valence-electron chi connectivity index (χ3n) is 4.80. The number of aliphatic hydroxyl groups excluding tert-OH is 2. The van der Waals surface area contributed by atoms with Crippen molar-refractivity contribution < 1.29 is 24.5 Å². The number of para-hydroxylation sites is 1. The van der Waals surface area contributed by atoms with Crippen molar-refractivity contribution in [2.24, 2.45) is 0 Å². The number of nitrogens with zero attached hydrogens (tertiary/aromatic N) is 1. The summed E-state index contributed by atoms with van der Waals surface area (Å²) in [5.74, 6) is 0.221. The summed E-state index contributed by atoms with van der Waals surface area (Å²) < 4.78 is 11.9. The molecule has 1 amide bonds. The van der Waals surface area contributed by atoms with Crippen molar-refractivity contribution in [3.8, 4) is 5.75 Å². The minimum Gasteiger partial charge on any atom is -0.496 e. The van der Waals surface area contributed by atoms with E-state index in [4.69, 9.17) is 9.47 Å². The first kappa shape index (κ1) is 20.8. The molecule has 1 saturated heterocycles. The van der Waals surface area contributed by atoms with Crippen LogP contribution in [-0.2, 0) is 22.5 Å². The standard InChI is InChI=1S/C19H23N3O7/c1-28-13-5-3-2-4-11(13)8-16(24)20-12-10-29-14(18(26)17(12)25)9-22-7-6-15(23)21-19(22)27/h2-7,12,14,17-18,25-26H,8-10H2,1H3,(H,20,24)(H,21,23,27)/t12-,14-,17+,18-/m1/s1. The van der Waals surface area contributed by atoms with Gasteiger partial charge in [-0.1, -0.05) is 18.2 Å². The van der Waals surface area contributed by atoms with Crippen molar-refractivity contribution in [3.05, 3.63) is 62.9 Å². The van der Waals surface area contributed by atoms with E-state index in [1.165, 1.54) is 23.9 Å². The van der Waals surface area contributed by atoms with Gasteiger partial charge < -0.3 is 25.0 Å². The van der Waals surface area contributed by atoms with Crippen molar-refractivity contribution in [2.45, 2.75) is 37.3 Å². The van der Waals surface area contributed by atoms with E-state index >= 15 is 0 Å². The maximum Gasteiger partial charge on any atom is 0.328 e. The van der Waals surface area contributed by atoms with Crippen LogP contribution in [0.2, 0.25) is 0 Å². The van der Waals surface area contributed by atoms with Gasteiger partial charge in [0.05, 0.1) is 32.7 Å². The number of rotatable bonds is 6. The Balaban J connectivity index is 1.60. The van der Waals surface area contributed by atoms with E-state index in [-0.39, 0.29) is 25.5 Å². The molecule has 1 aliphatic heterocycles. The van der Waals surface area contributed by atoms with E-state index in [1.54, 1.807) is 24.3 Å². The van der Waals surface area contributed by atoms with Crippen molar-refractivity contribution >= 4 is 5.91 Å². The van der Waals surface area contributed by atoms with Crippen LogP contribution >= 0.6 is 0 Å². The summed E-state index contributed by atoms with van der Waals surface area (Å²) in [6.45, 7) is -0.103. The van der Waals surface area contributed by atoms with E-state index in [0.717, 1.165) is 0 Å². The van der Waals surface area contributed by atoms with Crippen LogP contribution < -0.4 is 21.3 Å². The predicted octanol–water partition coefficient (Wildman–Crippen LogP) is -1.61. The van der Waals surface area contributed by atoms with Crippen molar-refractivity contribution in [2.75, 3.05) is 13.7 Å². The van der Waals surface area contributed by atoms with E-state index in [9.17, 15) is 24.6 Å². The zero-order valence-corrected chi connectivity index (χ0v) is 15.8. The molecule has 0 unspecified atom stereocenters. The van der Waals surface area contributed by atoms with Crippen molar-refractivity contribution in [3.63, 3.8) is 0 Å². The fourth-order valence-corrected chi connectivity index (χ4v) is 3.23. The summed E-state index contributed by atoms with van der Waals surface area (Å²) in [4.78, 5) is 37.4. The summed E-state index contributed by atoms with van der Waals surface area (Å²) in [5.41, 5.74) is -0.487. The van der Waals surface area contributed by atoms with Gasteiger partial charge in [-0.05, 0) is 6.07 Å². The highest BCUT2D eigenvalue weighted by atomic mass is 16.5. The highest BCUT2D eigenvalue weighted by molar-refractivity contribution is 5.79. The Hall–Kier alpha value is -2.95. The molecule has 1 aromatic heterocycles. The molecule has 2 aromatic rings. The summed E-state index contributed by atoms with van der Waals surface area (Å²) in [5, 5.41) is 23.4. The molecule has 156 valence electrons. The Morgan fingerprint density at radius 2 is 2.03 bits per heavy atom. The molecular formula is C19H23N3O7. The van der Waals surface area contributed by atoms with Gasteiger partial charge in [-0.25, -0.2) is 4.79 Å². The van der Waals surface area contributed by atoms with Gasteiger partial charge in [-0.15, -0.1) is 0 Å². The normalized spacial score (nSPS) is 24.1. The van der Waals surface area contributed by atoms with Crippen LogP contribution in [0.15, 0.2) is 46.1 Å². The Kier molecular flexibility index (Phi) is 6.47. The lowest BCUT2D eigenvalue weighted by Gasteiger charge is -2.38. The molecule has 0 saturated carbocycles. The van der Waals surface area contributed by atoms with E-state index < -0.39 is 35.6 Å². The Morgan fingerprint density at radius 1 is 1.28 bits per heavy atom. The van der Waals surface area contributed by atoms with Crippen molar-refractivity contribution in [1.82, 2.24) is 14.9 Å². The number of amides is 1. The molecule has 1 aliphatic rings. The Labute approximate surface area is 165 Å². The molecule has 10 heteroatoms. The summed E-state index contributed by atoms with van der Waals surface area (Å²) in [7, 11) is 1.51. The maximum absolute atomic E-state index is 12.4. The molecule has 1 fully saturated rings. The molecule has 0 bridgehead atoms. The van der Waals surface area contributed by atoms with Gasteiger partial charge in [-0.2, -0.15) is 0 Å². The molecular weight excluding hydrogens is 382 g/mol. The largest absolute Gasteiger partial charge is 0.496 e. The lowest BCUT2D eigenvalue weighted by molar-refractivity contribution is -0.158. The first-order chi connectivity index (χ1) is 13.9. The van der Waals surface area contributed by atoms with Crippen molar-refractivity contribution in [1.29, 1.82) is 0 Å². The molecule has 0 radical (unpaired) electrons. The number of nitrogens with one attached hydrogen (secondary N) is 2. The third kappa shape index (κ3) is 4.91. The molecule has 10 nitrogen and oxygen atoms in total. The van der Waals surface area contributed by atoms with E-state index in [2.05, 4.69) is 10.3 Å². The van der Waals surface area contributed by atoms with Gasteiger partial charge in [0.2, 0.25) is 5.91 Å². The monoisotopic (exact) mass is 405 g/mol. The predicted molar refractivity (Wildman–Crippen MR) is 102 cm³/mol. The lowest BCUT2D eigenvalue weighted by atomic mass is 9.97. The fraction of sp³-hybridized carbons (Fsp3) is 0.421. The van der Waals surface area contributed by atoms with Gasteiger partial charge in [0.15, 0.2) is 0 Å². The molecule has 29 heavy (non-hydrogen) atoms. The van der Waals surface area contributed by atoms with Gasteiger partial charge in [-0.3, -0.25) is 19.1 Å². The Morgan fingerprint density at radius 3 is 2.76 bits per heavy atom. The summed E-state index contributed by atoms with van der Waals surface area (Å²) in [6, 6.07) is 7.46. The number of methoxy groups -OCH3 is 1. The molecule has 4 atom stereocenters. The highest BCUT2D eigenvalue weighted by Gasteiger charge is 2.39. The van der Waals surface area contributed by atoms with Crippen LogP contribution in [0.1, 0.15) is 5.56 Å². The highest BCUT2D eigenvalue weighted by Crippen LogP contribution is 2.19. The van der Waals surface area contributed by atoms with Crippen LogP contribution in [-0.4, -0.2) is 63.7 Å². The summed E-state index contributed by atoms with van der Waals surface area (Å²) in [6.07, 6.45) is -2.17. The molecule has 0 spiro atoms.